The Morgan fingerprint density at radius 1 is 1.26 bits per heavy atom. The molecule has 0 fully saturated rings. The predicted octanol–water partition coefficient (Wildman–Crippen LogP) is 3.13. The average molecular weight is 368 g/mol. The summed E-state index contributed by atoms with van der Waals surface area (Å²) in [7, 11) is 0. The van der Waals surface area contributed by atoms with Crippen molar-refractivity contribution < 1.29 is 19.6 Å². The van der Waals surface area contributed by atoms with E-state index in [1.807, 2.05) is 24.3 Å². The average Bonchev–Trinajstić information content (AvgIpc) is 3.04. The summed E-state index contributed by atoms with van der Waals surface area (Å²) in [4.78, 5) is 34.9. The molecule has 0 aromatic heterocycles. The number of nitro groups is 1. The van der Waals surface area contributed by atoms with Crippen molar-refractivity contribution in [3.8, 4) is 0 Å². The van der Waals surface area contributed by atoms with E-state index in [2.05, 4.69) is 5.32 Å². The normalized spacial score (nSPS) is 17.6. The number of hydrogen-bond acceptors (Lipinski definition) is 4. The van der Waals surface area contributed by atoms with E-state index in [0.29, 0.717) is 0 Å². The molecule has 2 aromatic rings. The zero-order valence-electron chi connectivity index (χ0n) is 14.8. The number of non-ortho nitro benzene ring substituents is 1. The molecule has 2 aromatic carbocycles. The number of amides is 1. The SMILES string of the molecule is CC(NC(=O)CC1CCc2ccccc21)(C(=O)O)c1cccc([N+](=O)[O-])c1. The third-order valence-electron chi connectivity index (χ3n) is 5.14. The third kappa shape index (κ3) is 3.67. The van der Waals surface area contributed by atoms with Gasteiger partial charge in [-0.2, -0.15) is 0 Å². The van der Waals surface area contributed by atoms with Gasteiger partial charge < -0.3 is 10.4 Å². The predicted molar refractivity (Wildman–Crippen MR) is 98.3 cm³/mol. The minimum absolute atomic E-state index is 0.0457. The minimum atomic E-state index is -1.75. The lowest BCUT2D eigenvalue weighted by atomic mass is 9.90. The van der Waals surface area contributed by atoms with Crippen molar-refractivity contribution in [2.45, 2.75) is 37.6 Å². The van der Waals surface area contributed by atoms with Crippen molar-refractivity contribution >= 4 is 17.6 Å². The molecule has 0 radical (unpaired) electrons. The second-order valence-electron chi connectivity index (χ2n) is 6.92. The third-order valence-corrected chi connectivity index (χ3v) is 5.14. The van der Waals surface area contributed by atoms with Crippen molar-refractivity contribution in [2.75, 3.05) is 0 Å². The van der Waals surface area contributed by atoms with E-state index in [0.717, 1.165) is 18.4 Å². The summed E-state index contributed by atoms with van der Waals surface area (Å²) >= 11 is 0. The van der Waals surface area contributed by atoms with Gasteiger partial charge in [0.05, 0.1) is 4.92 Å². The Labute approximate surface area is 156 Å². The molecule has 2 N–H and O–H groups in total. The van der Waals surface area contributed by atoms with Crippen molar-refractivity contribution in [1.29, 1.82) is 0 Å². The van der Waals surface area contributed by atoms with Crippen LogP contribution in [0.4, 0.5) is 5.69 Å². The van der Waals surface area contributed by atoms with Crippen LogP contribution in [0.15, 0.2) is 48.5 Å². The molecule has 0 aliphatic heterocycles. The molecule has 2 atom stereocenters. The summed E-state index contributed by atoms with van der Waals surface area (Å²) in [6, 6.07) is 13.3. The first-order chi connectivity index (χ1) is 12.8. The fraction of sp³-hybridized carbons (Fsp3) is 0.300. The quantitative estimate of drug-likeness (QED) is 0.601. The van der Waals surface area contributed by atoms with Crippen molar-refractivity contribution in [1.82, 2.24) is 5.32 Å². The summed E-state index contributed by atoms with van der Waals surface area (Å²) in [5.74, 6) is -1.62. The number of carbonyl (C=O) groups excluding carboxylic acids is 1. The number of aryl methyl sites for hydroxylation is 1. The number of hydrogen-bond donors (Lipinski definition) is 2. The van der Waals surface area contributed by atoms with Gasteiger partial charge in [-0.25, -0.2) is 4.79 Å². The molecule has 0 spiro atoms. The molecule has 1 amide bonds. The number of nitrogens with one attached hydrogen (secondary N) is 1. The summed E-state index contributed by atoms with van der Waals surface area (Å²) in [5.41, 5.74) is 0.527. The highest BCUT2D eigenvalue weighted by molar-refractivity contribution is 5.88. The first kappa shape index (κ1) is 18.6. The summed E-state index contributed by atoms with van der Waals surface area (Å²) in [6.07, 6.45) is 1.91. The van der Waals surface area contributed by atoms with Gasteiger partial charge in [-0.05, 0) is 42.4 Å². The van der Waals surface area contributed by atoms with Gasteiger partial charge in [0, 0.05) is 18.6 Å². The van der Waals surface area contributed by atoms with Gasteiger partial charge >= 0.3 is 5.97 Å². The molecular weight excluding hydrogens is 348 g/mol. The molecule has 1 aliphatic carbocycles. The summed E-state index contributed by atoms with van der Waals surface area (Å²) < 4.78 is 0. The summed E-state index contributed by atoms with van der Waals surface area (Å²) in [6.45, 7) is 1.34. The molecule has 3 rings (SSSR count). The number of carboxylic acids is 1. The zero-order valence-corrected chi connectivity index (χ0v) is 14.8. The van der Waals surface area contributed by atoms with E-state index in [1.54, 1.807) is 0 Å². The van der Waals surface area contributed by atoms with Crippen LogP contribution in [0.3, 0.4) is 0 Å². The van der Waals surface area contributed by atoms with E-state index in [-0.39, 0.29) is 23.6 Å². The van der Waals surface area contributed by atoms with Gasteiger partial charge in [0.25, 0.3) is 5.69 Å². The number of nitrogens with zero attached hydrogens (tertiary/aromatic N) is 1. The Hall–Kier alpha value is -3.22. The minimum Gasteiger partial charge on any atom is -0.479 e. The number of aliphatic carboxylic acids is 1. The van der Waals surface area contributed by atoms with Gasteiger partial charge in [-0.15, -0.1) is 0 Å². The van der Waals surface area contributed by atoms with Gasteiger partial charge in [0.1, 0.15) is 0 Å². The fourth-order valence-corrected chi connectivity index (χ4v) is 3.59. The fourth-order valence-electron chi connectivity index (χ4n) is 3.59. The number of carboxylic acid groups (broad SMARTS) is 1. The van der Waals surface area contributed by atoms with Crippen LogP contribution in [0.25, 0.3) is 0 Å². The van der Waals surface area contributed by atoms with Crippen molar-refractivity contribution in [3.63, 3.8) is 0 Å². The standard InChI is InChI=1S/C20H20N2O5/c1-20(19(24)25,15-6-4-7-16(12-15)22(26)27)21-18(23)11-14-10-9-13-5-2-3-8-17(13)14/h2-8,12,14H,9-11H2,1H3,(H,21,23)(H,24,25). The van der Waals surface area contributed by atoms with Crippen molar-refractivity contribution in [3.05, 3.63) is 75.3 Å². The van der Waals surface area contributed by atoms with E-state index in [9.17, 15) is 24.8 Å². The maximum Gasteiger partial charge on any atom is 0.333 e. The molecule has 0 heterocycles. The lowest BCUT2D eigenvalue weighted by Crippen LogP contribution is -2.49. The van der Waals surface area contributed by atoms with Crippen LogP contribution in [0.2, 0.25) is 0 Å². The molecular formula is C20H20N2O5. The molecule has 0 saturated carbocycles. The Kier molecular flexibility index (Phi) is 4.94. The summed E-state index contributed by atoms with van der Waals surface area (Å²) in [5, 5.41) is 23.3. The highest BCUT2D eigenvalue weighted by Gasteiger charge is 2.38. The van der Waals surface area contributed by atoms with E-state index in [4.69, 9.17) is 0 Å². The second kappa shape index (κ2) is 7.19. The van der Waals surface area contributed by atoms with Gasteiger partial charge in [0.15, 0.2) is 5.54 Å². The molecule has 2 unspecified atom stereocenters. The van der Waals surface area contributed by atoms with Crippen LogP contribution in [0.1, 0.15) is 42.4 Å². The van der Waals surface area contributed by atoms with E-state index >= 15 is 0 Å². The Morgan fingerprint density at radius 2 is 2.00 bits per heavy atom. The molecule has 7 nitrogen and oxygen atoms in total. The first-order valence-corrected chi connectivity index (χ1v) is 8.68. The van der Waals surface area contributed by atoms with E-state index in [1.165, 1.54) is 36.8 Å². The number of rotatable bonds is 6. The maximum atomic E-state index is 12.6. The van der Waals surface area contributed by atoms with Crippen LogP contribution in [-0.2, 0) is 21.5 Å². The lowest BCUT2D eigenvalue weighted by Gasteiger charge is -2.27. The molecule has 27 heavy (non-hydrogen) atoms. The highest BCUT2D eigenvalue weighted by atomic mass is 16.6. The Balaban J connectivity index is 1.80. The van der Waals surface area contributed by atoms with Crippen LogP contribution in [0, 0.1) is 10.1 Å². The molecule has 140 valence electrons. The monoisotopic (exact) mass is 368 g/mol. The molecule has 7 heteroatoms. The highest BCUT2D eigenvalue weighted by Crippen LogP contribution is 2.35. The largest absolute Gasteiger partial charge is 0.479 e. The molecule has 1 aliphatic rings. The smallest absolute Gasteiger partial charge is 0.333 e. The zero-order chi connectivity index (χ0) is 19.6. The number of benzene rings is 2. The number of fused-ring (bicyclic) bond motifs is 1. The lowest BCUT2D eigenvalue weighted by molar-refractivity contribution is -0.385. The topological polar surface area (TPSA) is 110 Å². The van der Waals surface area contributed by atoms with Crippen molar-refractivity contribution in [2.24, 2.45) is 0 Å². The number of nitro benzene ring substituents is 1. The second-order valence-corrected chi connectivity index (χ2v) is 6.92. The number of carbonyl (C=O) groups is 2. The van der Waals surface area contributed by atoms with Gasteiger partial charge in [0.2, 0.25) is 5.91 Å². The maximum absolute atomic E-state index is 12.6. The van der Waals surface area contributed by atoms with Crippen LogP contribution in [0.5, 0.6) is 0 Å². The Bertz CT molecular complexity index is 911. The van der Waals surface area contributed by atoms with Crippen LogP contribution < -0.4 is 5.32 Å². The molecule has 0 bridgehead atoms. The van der Waals surface area contributed by atoms with Crippen LogP contribution >= 0.6 is 0 Å². The van der Waals surface area contributed by atoms with Gasteiger partial charge in [-0.3, -0.25) is 14.9 Å². The van der Waals surface area contributed by atoms with Crippen LogP contribution in [-0.4, -0.2) is 21.9 Å². The Morgan fingerprint density at radius 3 is 2.70 bits per heavy atom. The first-order valence-electron chi connectivity index (χ1n) is 8.68. The molecule has 0 saturated heterocycles. The van der Waals surface area contributed by atoms with E-state index < -0.39 is 22.3 Å². The van der Waals surface area contributed by atoms with Gasteiger partial charge in [-0.1, -0.05) is 36.4 Å².